The number of likely N-dealkylation sites (N-methyl/N-ethyl adjacent to an activating group) is 1. The fourth-order valence-electron chi connectivity index (χ4n) is 2.32. The highest BCUT2D eigenvalue weighted by molar-refractivity contribution is 5.81. The van der Waals surface area contributed by atoms with Crippen molar-refractivity contribution in [2.45, 2.75) is 33.2 Å². The molecule has 1 aliphatic rings. The summed E-state index contributed by atoms with van der Waals surface area (Å²) < 4.78 is 0. The molecule has 0 saturated carbocycles. The number of nitrogens with one attached hydrogen (secondary N) is 1. The maximum Gasteiger partial charge on any atom is 0.237 e. The van der Waals surface area contributed by atoms with Crippen LogP contribution in [-0.2, 0) is 4.79 Å². The van der Waals surface area contributed by atoms with Gasteiger partial charge >= 0.3 is 0 Å². The average Bonchev–Trinajstić information content (AvgIpc) is 2.29. The molecule has 0 aliphatic carbocycles. The molecule has 1 saturated heterocycles. The highest BCUT2D eigenvalue weighted by Crippen LogP contribution is 2.23. The number of carbonyl (C=O) groups excluding carboxylic acids is 1. The highest BCUT2D eigenvalue weighted by Gasteiger charge is 2.30. The Balaban J connectivity index is 2.51. The number of piperidine rings is 1. The number of nitrogens with zero attached hydrogens (tertiary/aromatic N) is 1. The lowest BCUT2D eigenvalue weighted by molar-refractivity contribution is -0.126. The topological polar surface area (TPSA) is 58.4 Å². The molecular formula is C12H25N3O. The van der Waals surface area contributed by atoms with Crippen LogP contribution in [0, 0.1) is 11.8 Å². The standard InChI is InChI=1S/C12H25N3O/c1-4-14-12(16)10(3)15-6-5-9(2)11(7-13)8-15/h9-11H,4-8,13H2,1-3H3,(H,14,16). The van der Waals surface area contributed by atoms with Crippen molar-refractivity contribution in [1.29, 1.82) is 0 Å². The molecule has 1 fully saturated rings. The predicted molar refractivity (Wildman–Crippen MR) is 66.0 cm³/mol. The molecule has 0 bridgehead atoms. The van der Waals surface area contributed by atoms with E-state index in [2.05, 4.69) is 17.1 Å². The lowest BCUT2D eigenvalue weighted by Crippen LogP contribution is -2.51. The van der Waals surface area contributed by atoms with Gasteiger partial charge < -0.3 is 11.1 Å². The molecule has 16 heavy (non-hydrogen) atoms. The quantitative estimate of drug-likeness (QED) is 0.732. The summed E-state index contributed by atoms with van der Waals surface area (Å²) in [5.74, 6) is 1.35. The van der Waals surface area contributed by atoms with Crippen molar-refractivity contribution in [2.24, 2.45) is 17.6 Å². The number of amides is 1. The molecule has 1 heterocycles. The average molecular weight is 227 g/mol. The smallest absolute Gasteiger partial charge is 0.237 e. The van der Waals surface area contributed by atoms with Crippen molar-refractivity contribution in [3.63, 3.8) is 0 Å². The van der Waals surface area contributed by atoms with Crippen LogP contribution < -0.4 is 11.1 Å². The Morgan fingerprint density at radius 3 is 2.88 bits per heavy atom. The molecule has 94 valence electrons. The fraction of sp³-hybridized carbons (Fsp3) is 0.917. The van der Waals surface area contributed by atoms with Gasteiger partial charge in [-0.25, -0.2) is 0 Å². The van der Waals surface area contributed by atoms with Gasteiger partial charge in [-0.05, 0) is 45.2 Å². The van der Waals surface area contributed by atoms with Gasteiger partial charge in [-0.1, -0.05) is 6.92 Å². The minimum atomic E-state index is -0.0264. The van der Waals surface area contributed by atoms with Crippen LogP contribution in [0.1, 0.15) is 27.2 Å². The number of nitrogens with two attached hydrogens (primary N) is 1. The van der Waals surface area contributed by atoms with Gasteiger partial charge in [0.2, 0.25) is 5.91 Å². The second kappa shape index (κ2) is 6.21. The Morgan fingerprint density at radius 1 is 1.62 bits per heavy atom. The highest BCUT2D eigenvalue weighted by atomic mass is 16.2. The Labute approximate surface area is 98.6 Å². The molecule has 0 aromatic rings. The van der Waals surface area contributed by atoms with Crippen molar-refractivity contribution in [1.82, 2.24) is 10.2 Å². The summed E-state index contributed by atoms with van der Waals surface area (Å²) in [6.07, 6.45) is 1.14. The molecule has 3 unspecified atom stereocenters. The van der Waals surface area contributed by atoms with Crippen LogP contribution in [0.3, 0.4) is 0 Å². The summed E-state index contributed by atoms with van der Waals surface area (Å²) in [5.41, 5.74) is 5.76. The minimum Gasteiger partial charge on any atom is -0.355 e. The molecule has 1 amide bonds. The maximum absolute atomic E-state index is 11.7. The maximum atomic E-state index is 11.7. The Hall–Kier alpha value is -0.610. The van der Waals surface area contributed by atoms with Crippen LogP contribution in [-0.4, -0.2) is 43.0 Å². The largest absolute Gasteiger partial charge is 0.355 e. The third-order valence-corrected chi connectivity index (χ3v) is 3.73. The summed E-state index contributed by atoms with van der Waals surface area (Å²) in [7, 11) is 0. The number of hydrogen-bond acceptors (Lipinski definition) is 3. The van der Waals surface area contributed by atoms with Crippen molar-refractivity contribution < 1.29 is 4.79 Å². The Bertz CT molecular complexity index is 232. The van der Waals surface area contributed by atoms with Crippen LogP contribution in [0.2, 0.25) is 0 Å². The second-order valence-electron chi connectivity index (χ2n) is 4.83. The van der Waals surface area contributed by atoms with Gasteiger partial charge in [0.1, 0.15) is 0 Å². The summed E-state index contributed by atoms with van der Waals surface area (Å²) in [5, 5.41) is 2.87. The summed E-state index contributed by atoms with van der Waals surface area (Å²) >= 11 is 0. The first kappa shape index (κ1) is 13.5. The van der Waals surface area contributed by atoms with Crippen molar-refractivity contribution >= 4 is 5.91 Å². The molecule has 1 aliphatic heterocycles. The molecule has 0 aromatic heterocycles. The zero-order chi connectivity index (χ0) is 12.1. The molecule has 0 aromatic carbocycles. The molecular weight excluding hydrogens is 202 g/mol. The monoisotopic (exact) mass is 227 g/mol. The number of carbonyl (C=O) groups is 1. The normalized spacial score (nSPS) is 28.8. The van der Waals surface area contributed by atoms with Crippen LogP contribution in [0.25, 0.3) is 0 Å². The van der Waals surface area contributed by atoms with E-state index >= 15 is 0 Å². The van der Waals surface area contributed by atoms with E-state index in [1.165, 1.54) is 0 Å². The van der Waals surface area contributed by atoms with Crippen LogP contribution >= 0.6 is 0 Å². The van der Waals surface area contributed by atoms with Gasteiger partial charge in [0, 0.05) is 13.1 Å². The lowest BCUT2D eigenvalue weighted by Gasteiger charge is -2.39. The molecule has 3 N–H and O–H groups in total. The molecule has 3 atom stereocenters. The first-order valence-electron chi connectivity index (χ1n) is 6.32. The molecule has 4 heteroatoms. The number of hydrogen-bond donors (Lipinski definition) is 2. The Morgan fingerprint density at radius 2 is 2.31 bits per heavy atom. The van der Waals surface area contributed by atoms with Gasteiger partial charge in [-0.15, -0.1) is 0 Å². The van der Waals surface area contributed by atoms with Gasteiger partial charge in [0.15, 0.2) is 0 Å². The van der Waals surface area contributed by atoms with E-state index < -0.39 is 0 Å². The van der Waals surface area contributed by atoms with Crippen molar-refractivity contribution in [2.75, 3.05) is 26.2 Å². The number of rotatable bonds is 4. The zero-order valence-electron chi connectivity index (χ0n) is 10.7. The van der Waals surface area contributed by atoms with Crippen molar-refractivity contribution in [3.8, 4) is 0 Å². The predicted octanol–water partition coefficient (Wildman–Crippen LogP) is 0.428. The van der Waals surface area contributed by atoms with E-state index in [1.54, 1.807) is 0 Å². The summed E-state index contributed by atoms with van der Waals surface area (Å²) in [6, 6.07) is -0.0264. The lowest BCUT2D eigenvalue weighted by atomic mass is 9.86. The van der Waals surface area contributed by atoms with E-state index in [0.29, 0.717) is 18.4 Å². The van der Waals surface area contributed by atoms with Gasteiger partial charge in [-0.3, -0.25) is 9.69 Å². The first-order valence-corrected chi connectivity index (χ1v) is 6.32. The SMILES string of the molecule is CCNC(=O)C(C)N1CCC(C)C(CN)C1. The second-order valence-corrected chi connectivity index (χ2v) is 4.83. The Kier molecular flexibility index (Phi) is 5.22. The van der Waals surface area contributed by atoms with E-state index in [9.17, 15) is 4.79 Å². The third-order valence-electron chi connectivity index (χ3n) is 3.73. The summed E-state index contributed by atoms with van der Waals surface area (Å²) in [4.78, 5) is 14.0. The molecule has 0 radical (unpaired) electrons. The fourth-order valence-corrected chi connectivity index (χ4v) is 2.32. The van der Waals surface area contributed by atoms with E-state index in [4.69, 9.17) is 5.73 Å². The molecule has 4 nitrogen and oxygen atoms in total. The van der Waals surface area contributed by atoms with Crippen LogP contribution in [0.4, 0.5) is 0 Å². The third kappa shape index (κ3) is 3.19. The van der Waals surface area contributed by atoms with E-state index in [-0.39, 0.29) is 11.9 Å². The van der Waals surface area contributed by atoms with E-state index in [1.807, 2.05) is 13.8 Å². The van der Waals surface area contributed by atoms with Gasteiger partial charge in [-0.2, -0.15) is 0 Å². The van der Waals surface area contributed by atoms with Gasteiger partial charge in [0.25, 0.3) is 0 Å². The van der Waals surface area contributed by atoms with Crippen molar-refractivity contribution in [3.05, 3.63) is 0 Å². The zero-order valence-corrected chi connectivity index (χ0v) is 10.7. The molecule has 1 rings (SSSR count). The summed E-state index contributed by atoms with van der Waals surface area (Å²) in [6.45, 7) is 9.57. The van der Waals surface area contributed by atoms with E-state index in [0.717, 1.165) is 26.1 Å². The first-order chi connectivity index (χ1) is 7.60. The number of likely N-dealkylation sites (tertiary alicyclic amines) is 1. The van der Waals surface area contributed by atoms with Crippen LogP contribution in [0.15, 0.2) is 0 Å². The molecule has 0 spiro atoms. The minimum absolute atomic E-state index is 0.0264. The van der Waals surface area contributed by atoms with Crippen LogP contribution in [0.5, 0.6) is 0 Å². The van der Waals surface area contributed by atoms with Gasteiger partial charge in [0.05, 0.1) is 6.04 Å².